The lowest BCUT2D eigenvalue weighted by Gasteiger charge is -2.33. The molecule has 1 aliphatic heterocycles. The fourth-order valence-electron chi connectivity index (χ4n) is 2.72. The number of likely N-dealkylation sites (tertiary alicyclic amines) is 1. The molecule has 2 heterocycles. The third-order valence-electron chi connectivity index (χ3n) is 4.10. The van der Waals surface area contributed by atoms with Crippen molar-refractivity contribution in [3.63, 3.8) is 0 Å². The Balaban J connectivity index is 1.89. The van der Waals surface area contributed by atoms with Crippen LogP contribution in [0.1, 0.15) is 37.9 Å². The number of nitrogens with zero attached hydrogens (tertiary/aromatic N) is 2. The minimum absolute atomic E-state index is 0.690. The van der Waals surface area contributed by atoms with Crippen molar-refractivity contribution in [3.05, 3.63) is 29.6 Å². The Hall–Kier alpha value is -1.10. The molecule has 0 spiro atoms. The van der Waals surface area contributed by atoms with Crippen molar-refractivity contribution in [1.82, 2.24) is 9.88 Å². The average molecular weight is 286 g/mol. The Morgan fingerprint density at radius 1 is 1.25 bits per heavy atom. The first-order valence-electron chi connectivity index (χ1n) is 7.10. The van der Waals surface area contributed by atoms with Crippen LogP contribution in [0.4, 0.5) is 13.2 Å². The Bertz CT molecular complexity index is 418. The minimum Gasteiger partial charge on any atom is -0.299 e. The lowest BCUT2D eigenvalue weighted by atomic mass is 9.86. The van der Waals surface area contributed by atoms with Gasteiger partial charge in [-0.2, -0.15) is 13.2 Å². The van der Waals surface area contributed by atoms with Gasteiger partial charge in [0.25, 0.3) is 0 Å². The second-order valence-corrected chi connectivity index (χ2v) is 5.91. The maximum Gasteiger partial charge on any atom is 0.433 e. The van der Waals surface area contributed by atoms with Gasteiger partial charge >= 0.3 is 6.18 Å². The van der Waals surface area contributed by atoms with Crippen molar-refractivity contribution in [2.45, 2.75) is 39.4 Å². The van der Waals surface area contributed by atoms with Gasteiger partial charge < -0.3 is 0 Å². The maximum atomic E-state index is 12.4. The number of alkyl halides is 3. The second kappa shape index (κ2) is 6.12. The van der Waals surface area contributed by atoms with E-state index in [4.69, 9.17) is 0 Å². The summed E-state index contributed by atoms with van der Waals surface area (Å²) in [5.74, 6) is 1.49. The van der Waals surface area contributed by atoms with Crippen molar-refractivity contribution >= 4 is 0 Å². The summed E-state index contributed by atoms with van der Waals surface area (Å²) in [6.45, 7) is 7.23. The smallest absolute Gasteiger partial charge is 0.299 e. The number of piperidine rings is 1. The lowest BCUT2D eigenvalue weighted by molar-refractivity contribution is -0.141. The van der Waals surface area contributed by atoms with Gasteiger partial charge in [0, 0.05) is 12.7 Å². The number of hydrogen-bond acceptors (Lipinski definition) is 2. The van der Waals surface area contributed by atoms with Crippen LogP contribution in [-0.2, 0) is 12.7 Å². The number of halogens is 3. The summed E-state index contributed by atoms with van der Waals surface area (Å²) in [5, 5.41) is 0. The number of aromatic nitrogens is 1. The molecule has 0 unspecified atom stereocenters. The zero-order valence-corrected chi connectivity index (χ0v) is 12.0. The van der Waals surface area contributed by atoms with Gasteiger partial charge in [0.05, 0.1) is 0 Å². The molecule has 1 fully saturated rings. The van der Waals surface area contributed by atoms with E-state index in [1.807, 2.05) is 0 Å². The summed E-state index contributed by atoms with van der Waals surface area (Å²) in [6.07, 6.45) is -0.664. The fourth-order valence-corrected chi connectivity index (χ4v) is 2.72. The van der Waals surface area contributed by atoms with Gasteiger partial charge in [-0.25, -0.2) is 0 Å². The molecule has 0 radical (unpaired) electrons. The van der Waals surface area contributed by atoms with E-state index >= 15 is 0 Å². The molecule has 0 N–H and O–H groups in total. The van der Waals surface area contributed by atoms with Gasteiger partial charge in [0.2, 0.25) is 0 Å². The van der Waals surface area contributed by atoms with Crippen molar-refractivity contribution in [3.8, 4) is 0 Å². The average Bonchev–Trinajstić information content (AvgIpc) is 2.39. The van der Waals surface area contributed by atoms with Crippen LogP contribution in [0.2, 0.25) is 0 Å². The van der Waals surface area contributed by atoms with E-state index < -0.39 is 11.9 Å². The summed E-state index contributed by atoms with van der Waals surface area (Å²) in [6, 6.07) is 2.60. The number of rotatable bonds is 3. The van der Waals surface area contributed by atoms with Gasteiger partial charge in [-0.1, -0.05) is 19.9 Å². The first-order valence-corrected chi connectivity index (χ1v) is 7.10. The Morgan fingerprint density at radius 2 is 1.90 bits per heavy atom. The van der Waals surface area contributed by atoms with Crippen LogP contribution in [0.5, 0.6) is 0 Å². The molecule has 20 heavy (non-hydrogen) atoms. The predicted octanol–water partition coefficient (Wildman–Crippen LogP) is 3.97. The molecule has 2 rings (SSSR count). The molecule has 5 heteroatoms. The topological polar surface area (TPSA) is 16.1 Å². The standard InChI is InChI=1S/C15H21F3N2/c1-11(2)13-5-7-20(8-6-13)10-12-3-4-14(19-9-12)15(16,17)18/h3-4,9,11,13H,5-8,10H2,1-2H3. The molecule has 0 atom stereocenters. The molecule has 1 aliphatic rings. The van der Waals surface area contributed by atoms with E-state index in [1.165, 1.54) is 25.1 Å². The third-order valence-corrected chi connectivity index (χ3v) is 4.10. The van der Waals surface area contributed by atoms with E-state index in [0.717, 1.165) is 30.6 Å². The van der Waals surface area contributed by atoms with Gasteiger partial charge in [0.1, 0.15) is 5.69 Å². The highest BCUT2D eigenvalue weighted by Gasteiger charge is 2.32. The van der Waals surface area contributed by atoms with Gasteiger partial charge in [-0.05, 0) is 49.4 Å². The normalized spacial score (nSPS) is 18.7. The molecule has 1 aromatic rings. The van der Waals surface area contributed by atoms with E-state index in [0.29, 0.717) is 12.5 Å². The molecular formula is C15H21F3N2. The summed E-state index contributed by atoms with van der Waals surface area (Å²) in [5.41, 5.74) is 0.0285. The zero-order valence-electron chi connectivity index (χ0n) is 12.0. The van der Waals surface area contributed by atoms with Crippen LogP contribution >= 0.6 is 0 Å². The van der Waals surface area contributed by atoms with Gasteiger partial charge in [0.15, 0.2) is 0 Å². The van der Waals surface area contributed by atoms with E-state index in [-0.39, 0.29) is 0 Å². The molecule has 0 amide bonds. The predicted molar refractivity (Wildman–Crippen MR) is 72.1 cm³/mol. The second-order valence-electron chi connectivity index (χ2n) is 5.91. The van der Waals surface area contributed by atoms with E-state index in [1.54, 1.807) is 0 Å². The van der Waals surface area contributed by atoms with Crippen molar-refractivity contribution in [1.29, 1.82) is 0 Å². The Labute approximate surface area is 118 Å². The third kappa shape index (κ3) is 3.95. The molecule has 0 saturated carbocycles. The molecule has 0 bridgehead atoms. The van der Waals surface area contributed by atoms with Crippen molar-refractivity contribution < 1.29 is 13.2 Å². The largest absolute Gasteiger partial charge is 0.433 e. The molecule has 1 saturated heterocycles. The Kier molecular flexibility index (Phi) is 4.68. The first-order chi connectivity index (χ1) is 9.36. The highest BCUT2D eigenvalue weighted by molar-refractivity contribution is 5.16. The van der Waals surface area contributed by atoms with Crippen LogP contribution in [0.3, 0.4) is 0 Å². The number of pyridine rings is 1. The van der Waals surface area contributed by atoms with Crippen LogP contribution in [0.25, 0.3) is 0 Å². The monoisotopic (exact) mass is 286 g/mol. The van der Waals surface area contributed by atoms with Gasteiger partial charge in [-0.15, -0.1) is 0 Å². The van der Waals surface area contributed by atoms with Crippen molar-refractivity contribution in [2.24, 2.45) is 11.8 Å². The number of hydrogen-bond donors (Lipinski definition) is 0. The summed E-state index contributed by atoms with van der Waals surface area (Å²) in [7, 11) is 0. The SMILES string of the molecule is CC(C)C1CCN(Cc2ccc(C(F)(F)F)nc2)CC1. The highest BCUT2D eigenvalue weighted by Crippen LogP contribution is 2.28. The molecular weight excluding hydrogens is 265 g/mol. The van der Waals surface area contributed by atoms with Crippen LogP contribution in [0.15, 0.2) is 18.3 Å². The summed E-state index contributed by atoms with van der Waals surface area (Å²) < 4.78 is 37.3. The quantitative estimate of drug-likeness (QED) is 0.836. The molecule has 0 aromatic carbocycles. The molecule has 112 valence electrons. The van der Waals surface area contributed by atoms with E-state index in [2.05, 4.69) is 23.7 Å². The molecule has 1 aromatic heterocycles. The highest BCUT2D eigenvalue weighted by atomic mass is 19.4. The van der Waals surface area contributed by atoms with Crippen LogP contribution in [0, 0.1) is 11.8 Å². The molecule has 2 nitrogen and oxygen atoms in total. The summed E-state index contributed by atoms with van der Waals surface area (Å²) in [4.78, 5) is 5.80. The van der Waals surface area contributed by atoms with Crippen LogP contribution < -0.4 is 0 Å². The zero-order chi connectivity index (χ0) is 14.8. The molecule has 0 aliphatic carbocycles. The first kappa shape index (κ1) is 15.3. The van der Waals surface area contributed by atoms with Crippen molar-refractivity contribution in [2.75, 3.05) is 13.1 Å². The van der Waals surface area contributed by atoms with Crippen LogP contribution in [-0.4, -0.2) is 23.0 Å². The van der Waals surface area contributed by atoms with E-state index in [9.17, 15) is 13.2 Å². The minimum atomic E-state index is -4.35. The van der Waals surface area contributed by atoms with Gasteiger partial charge in [-0.3, -0.25) is 9.88 Å². The fraction of sp³-hybridized carbons (Fsp3) is 0.667. The summed E-state index contributed by atoms with van der Waals surface area (Å²) >= 11 is 0. The lowest BCUT2D eigenvalue weighted by Crippen LogP contribution is -2.34. The Morgan fingerprint density at radius 3 is 2.35 bits per heavy atom. The maximum absolute atomic E-state index is 12.4.